The first-order valence-corrected chi connectivity index (χ1v) is 19.9. The number of para-hydroxylation sites is 2. The Morgan fingerprint density at radius 1 is 0.368 bits per heavy atom. The summed E-state index contributed by atoms with van der Waals surface area (Å²) in [5, 5.41) is 4.97. The van der Waals surface area contributed by atoms with Gasteiger partial charge in [-0.15, -0.1) is 0 Å². The second-order valence-corrected chi connectivity index (χ2v) is 15.7. The fourth-order valence-corrected chi connectivity index (χ4v) is 9.42. The zero-order chi connectivity index (χ0) is 38.1. The van der Waals surface area contributed by atoms with Crippen LogP contribution in [0, 0.1) is 0 Å². The van der Waals surface area contributed by atoms with Gasteiger partial charge in [-0.1, -0.05) is 166 Å². The SMILES string of the molecule is CC1(C)c2ccccc2-c2ccc(N(c3ccc(-c4ccccc4)cc3)c3cccc4c(-c5ccc(-n6c7ccccc7c7ccccc76)cc5)cccc34)cc21. The lowest BCUT2D eigenvalue weighted by Gasteiger charge is -2.29. The van der Waals surface area contributed by atoms with Crippen LogP contribution in [0.1, 0.15) is 25.0 Å². The second-order valence-electron chi connectivity index (χ2n) is 15.7. The Morgan fingerprint density at radius 2 is 0.912 bits per heavy atom. The average molecular weight is 729 g/mol. The van der Waals surface area contributed by atoms with Crippen molar-refractivity contribution in [3.8, 4) is 39.1 Å². The summed E-state index contributed by atoms with van der Waals surface area (Å²) in [6.45, 7) is 4.72. The van der Waals surface area contributed by atoms with Gasteiger partial charge in [0.2, 0.25) is 0 Å². The molecule has 9 aromatic carbocycles. The molecule has 0 unspecified atom stereocenters. The largest absolute Gasteiger partial charge is 0.310 e. The highest BCUT2D eigenvalue weighted by Gasteiger charge is 2.35. The van der Waals surface area contributed by atoms with Gasteiger partial charge in [0.15, 0.2) is 0 Å². The van der Waals surface area contributed by atoms with Crippen LogP contribution in [0.2, 0.25) is 0 Å². The van der Waals surface area contributed by atoms with E-state index in [-0.39, 0.29) is 5.41 Å². The molecule has 0 bridgehead atoms. The highest BCUT2D eigenvalue weighted by Crippen LogP contribution is 2.51. The summed E-state index contributed by atoms with van der Waals surface area (Å²) in [7, 11) is 0. The summed E-state index contributed by atoms with van der Waals surface area (Å²) in [6, 6.07) is 75.6. The van der Waals surface area contributed by atoms with Gasteiger partial charge in [0.1, 0.15) is 0 Å². The molecule has 0 aliphatic heterocycles. The third-order valence-corrected chi connectivity index (χ3v) is 12.2. The molecule has 0 fully saturated rings. The highest BCUT2D eigenvalue weighted by molar-refractivity contribution is 6.09. The van der Waals surface area contributed by atoms with E-state index in [4.69, 9.17) is 0 Å². The van der Waals surface area contributed by atoms with Gasteiger partial charge in [-0.05, 0) is 104 Å². The van der Waals surface area contributed by atoms with Gasteiger partial charge >= 0.3 is 0 Å². The van der Waals surface area contributed by atoms with Crippen molar-refractivity contribution in [1.82, 2.24) is 4.57 Å². The van der Waals surface area contributed by atoms with Crippen molar-refractivity contribution < 1.29 is 0 Å². The fraction of sp³-hybridized carbons (Fsp3) is 0.0545. The van der Waals surface area contributed by atoms with E-state index in [1.54, 1.807) is 0 Å². The van der Waals surface area contributed by atoms with Crippen molar-refractivity contribution in [1.29, 1.82) is 0 Å². The molecule has 1 aromatic heterocycles. The lowest BCUT2D eigenvalue weighted by molar-refractivity contribution is 0.660. The molecule has 0 saturated carbocycles. The van der Waals surface area contributed by atoms with Crippen LogP contribution in [-0.2, 0) is 5.41 Å². The summed E-state index contributed by atoms with van der Waals surface area (Å²) in [5.74, 6) is 0. The molecule has 57 heavy (non-hydrogen) atoms. The zero-order valence-electron chi connectivity index (χ0n) is 32.0. The Labute approximate surface area is 333 Å². The van der Waals surface area contributed by atoms with Crippen LogP contribution in [0.5, 0.6) is 0 Å². The topological polar surface area (TPSA) is 8.17 Å². The van der Waals surface area contributed by atoms with Gasteiger partial charge in [-0.3, -0.25) is 0 Å². The predicted octanol–water partition coefficient (Wildman–Crippen LogP) is 15.0. The van der Waals surface area contributed by atoms with E-state index in [1.807, 2.05) is 0 Å². The van der Waals surface area contributed by atoms with Crippen molar-refractivity contribution in [2.75, 3.05) is 4.90 Å². The molecule has 270 valence electrons. The van der Waals surface area contributed by atoms with E-state index in [0.29, 0.717) is 0 Å². The molecule has 1 heterocycles. The first-order chi connectivity index (χ1) is 28.0. The molecule has 2 nitrogen and oxygen atoms in total. The third kappa shape index (κ3) is 5.25. The summed E-state index contributed by atoms with van der Waals surface area (Å²) in [5.41, 5.74) is 17.1. The monoisotopic (exact) mass is 728 g/mol. The summed E-state index contributed by atoms with van der Waals surface area (Å²) >= 11 is 0. The Balaban J connectivity index is 1.05. The van der Waals surface area contributed by atoms with E-state index >= 15 is 0 Å². The Morgan fingerprint density at radius 3 is 1.67 bits per heavy atom. The number of anilines is 3. The van der Waals surface area contributed by atoms with Crippen molar-refractivity contribution in [2.45, 2.75) is 19.3 Å². The number of rotatable bonds is 6. The molecule has 1 aliphatic rings. The third-order valence-electron chi connectivity index (χ3n) is 12.2. The minimum Gasteiger partial charge on any atom is -0.310 e. The molecule has 0 atom stereocenters. The molecule has 0 saturated heterocycles. The minimum atomic E-state index is -0.109. The quantitative estimate of drug-likeness (QED) is 0.165. The first kappa shape index (κ1) is 33.2. The number of aromatic nitrogens is 1. The van der Waals surface area contributed by atoms with Gasteiger partial charge in [0, 0.05) is 38.6 Å². The Kier molecular flexibility index (Phi) is 7.55. The maximum Gasteiger partial charge on any atom is 0.0541 e. The molecule has 10 aromatic rings. The van der Waals surface area contributed by atoms with Crippen LogP contribution >= 0.6 is 0 Å². The van der Waals surface area contributed by atoms with Crippen molar-refractivity contribution in [3.63, 3.8) is 0 Å². The van der Waals surface area contributed by atoms with E-state index in [0.717, 1.165) is 22.7 Å². The predicted molar refractivity (Wildman–Crippen MR) is 241 cm³/mol. The number of hydrogen-bond acceptors (Lipinski definition) is 1. The maximum absolute atomic E-state index is 2.45. The summed E-state index contributed by atoms with van der Waals surface area (Å²) in [4.78, 5) is 2.45. The van der Waals surface area contributed by atoms with Crippen LogP contribution in [0.15, 0.2) is 206 Å². The van der Waals surface area contributed by atoms with Gasteiger partial charge in [-0.25, -0.2) is 0 Å². The highest BCUT2D eigenvalue weighted by atomic mass is 15.1. The second kappa shape index (κ2) is 13.0. The van der Waals surface area contributed by atoms with Crippen LogP contribution in [-0.4, -0.2) is 4.57 Å². The maximum atomic E-state index is 2.45. The van der Waals surface area contributed by atoms with E-state index in [2.05, 4.69) is 230 Å². The van der Waals surface area contributed by atoms with Crippen LogP contribution in [0.4, 0.5) is 17.1 Å². The molecule has 11 rings (SSSR count). The fourth-order valence-electron chi connectivity index (χ4n) is 9.42. The lowest BCUT2D eigenvalue weighted by Crippen LogP contribution is -2.16. The van der Waals surface area contributed by atoms with Crippen LogP contribution in [0.3, 0.4) is 0 Å². The molecule has 2 heteroatoms. The normalized spacial score (nSPS) is 12.9. The minimum absolute atomic E-state index is 0.109. The van der Waals surface area contributed by atoms with Crippen LogP contribution in [0.25, 0.3) is 71.6 Å². The number of fused-ring (bicyclic) bond motifs is 7. The molecule has 0 N–H and O–H groups in total. The number of hydrogen-bond donors (Lipinski definition) is 0. The average Bonchev–Trinajstić information content (AvgIpc) is 3.72. The molecular weight excluding hydrogens is 689 g/mol. The molecule has 0 amide bonds. The smallest absolute Gasteiger partial charge is 0.0541 e. The summed E-state index contributed by atoms with van der Waals surface area (Å²) in [6.07, 6.45) is 0. The Bertz CT molecular complexity index is 3080. The van der Waals surface area contributed by atoms with Crippen molar-refractivity contribution >= 4 is 49.6 Å². The van der Waals surface area contributed by atoms with Crippen LogP contribution < -0.4 is 4.90 Å². The number of nitrogens with zero attached hydrogens (tertiary/aromatic N) is 2. The summed E-state index contributed by atoms with van der Waals surface area (Å²) < 4.78 is 2.38. The molecule has 0 spiro atoms. The standard InChI is InChI=1S/C55H40N2/c1-55(2)50-22-9-6-16-45(50)46-35-34-42(36-51(46)55)56(40-30-26-38(27-31-40)37-14-4-3-5-15-37)52-25-13-20-44-43(19-12-21-47(44)52)39-28-32-41(33-29-39)57-53-23-10-7-17-48(53)49-18-8-11-24-54(49)57/h3-36H,1-2H3. The number of benzene rings is 9. The van der Waals surface area contributed by atoms with E-state index in [9.17, 15) is 0 Å². The van der Waals surface area contributed by atoms with E-state index in [1.165, 1.54) is 77.1 Å². The van der Waals surface area contributed by atoms with Crippen molar-refractivity contribution in [3.05, 3.63) is 217 Å². The van der Waals surface area contributed by atoms with Crippen molar-refractivity contribution in [2.24, 2.45) is 0 Å². The lowest BCUT2D eigenvalue weighted by atomic mass is 9.82. The van der Waals surface area contributed by atoms with E-state index < -0.39 is 0 Å². The zero-order valence-corrected chi connectivity index (χ0v) is 32.0. The van der Waals surface area contributed by atoms with Gasteiger partial charge in [0.05, 0.1) is 16.7 Å². The molecule has 1 aliphatic carbocycles. The Hall–Kier alpha value is -7.16. The van der Waals surface area contributed by atoms with Gasteiger partial charge in [-0.2, -0.15) is 0 Å². The first-order valence-electron chi connectivity index (χ1n) is 19.9. The molecule has 0 radical (unpaired) electrons. The van der Waals surface area contributed by atoms with Gasteiger partial charge < -0.3 is 9.47 Å². The molecular formula is C55H40N2. The van der Waals surface area contributed by atoms with Gasteiger partial charge in [0.25, 0.3) is 0 Å².